The molecule has 8 nitrogen and oxygen atoms in total. The standard InChI is InChI=1S/C20H28N4O2.C8H14O2/c1-6-8-9-17(25-5)11-10-15(3)12-18(16(4)21)23-19-13-22-14-20(24-19)26-7-2;1-10-8(9)7-5-3-2-4-6-7/h8-14,21H,6-7H2,1-5H3,(H,23,24);7H,2-6H2,1H3/b9-8+,15-10+,17-11+,18-12-,21-16?;. The van der Waals surface area contributed by atoms with Crippen molar-refractivity contribution in [2.75, 3.05) is 26.1 Å². The monoisotopic (exact) mass is 498 g/mol. The number of nitrogens with zero attached hydrogens (tertiary/aromatic N) is 2. The first-order valence-electron chi connectivity index (χ1n) is 12.5. The van der Waals surface area contributed by atoms with Gasteiger partial charge in [-0.25, -0.2) is 0 Å². The van der Waals surface area contributed by atoms with E-state index in [1.807, 2.05) is 44.2 Å². The number of hydrogen-bond donors (Lipinski definition) is 2. The molecule has 0 aliphatic heterocycles. The van der Waals surface area contributed by atoms with Crippen molar-refractivity contribution in [1.29, 1.82) is 5.41 Å². The summed E-state index contributed by atoms with van der Waals surface area (Å²) >= 11 is 0. The molecule has 0 bridgehead atoms. The van der Waals surface area contributed by atoms with Crippen molar-refractivity contribution in [2.45, 2.75) is 66.2 Å². The van der Waals surface area contributed by atoms with Crippen LogP contribution in [0.3, 0.4) is 0 Å². The lowest BCUT2D eigenvalue weighted by Gasteiger charge is -2.18. The minimum absolute atomic E-state index is 0.0142. The minimum atomic E-state index is -0.0142. The number of nitrogens with one attached hydrogen (secondary N) is 2. The van der Waals surface area contributed by atoms with E-state index in [4.69, 9.17) is 14.9 Å². The normalized spacial score (nSPS) is 15.1. The molecular formula is C28H42N4O4. The molecule has 2 rings (SSSR count). The molecule has 0 atom stereocenters. The highest BCUT2D eigenvalue weighted by molar-refractivity contribution is 5.98. The Hall–Kier alpha value is -3.42. The lowest BCUT2D eigenvalue weighted by Crippen LogP contribution is -2.18. The summed E-state index contributed by atoms with van der Waals surface area (Å²) in [5, 5.41) is 11.1. The fourth-order valence-electron chi connectivity index (χ4n) is 3.42. The third kappa shape index (κ3) is 12.3. The highest BCUT2D eigenvalue weighted by Gasteiger charge is 2.20. The van der Waals surface area contributed by atoms with Crippen LogP contribution in [0.15, 0.2) is 59.8 Å². The molecule has 0 unspecified atom stereocenters. The Morgan fingerprint density at radius 2 is 1.83 bits per heavy atom. The van der Waals surface area contributed by atoms with Gasteiger partial charge < -0.3 is 24.9 Å². The second-order valence-corrected chi connectivity index (χ2v) is 8.34. The molecule has 0 radical (unpaired) electrons. The molecule has 0 aromatic carbocycles. The van der Waals surface area contributed by atoms with E-state index in [9.17, 15) is 4.79 Å². The lowest BCUT2D eigenvalue weighted by molar-refractivity contribution is -0.146. The van der Waals surface area contributed by atoms with Crippen molar-refractivity contribution in [3.8, 4) is 5.88 Å². The van der Waals surface area contributed by atoms with E-state index in [1.54, 1.807) is 26.4 Å². The fraction of sp³-hybridized carbons (Fsp3) is 0.500. The zero-order chi connectivity index (χ0) is 26.8. The van der Waals surface area contributed by atoms with Crippen LogP contribution in [-0.2, 0) is 14.3 Å². The molecule has 2 N–H and O–H groups in total. The molecule has 198 valence electrons. The first-order chi connectivity index (χ1) is 17.3. The molecule has 1 heterocycles. The quantitative estimate of drug-likeness (QED) is 0.157. The fourth-order valence-corrected chi connectivity index (χ4v) is 3.42. The Morgan fingerprint density at radius 1 is 1.11 bits per heavy atom. The van der Waals surface area contributed by atoms with Crippen LogP contribution in [0.25, 0.3) is 0 Å². The molecule has 1 fully saturated rings. The predicted octanol–water partition coefficient (Wildman–Crippen LogP) is 6.39. The summed E-state index contributed by atoms with van der Waals surface area (Å²) in [4.78, 5) is 19.4. The average molecular weight is 499 g/mol. The average Bonchev–Trinajstić information content (AvgIpc) is 2.89. The number of anilines is 1. The molecule has 1 saturated carbocycles. The van der Waals surface area contributed by atoms with Crippen LogP contribution < -0.4 is 10.1 Å². The zero-order valence-electron chi connectivity index (χ0n) is 22.6. The second-order valence-electron chi connectivity index (χ2n) is 8.34. The molecule has 8 heteroatoms. The maximum Gasteiger partial charge on any atom is 0.308 e. The van der Waals surface area contributed by atoms with E-state index >= 15 is 0 Å². The Bertz CT molecular complexity index is 945. The van der Waals surface area contributed by atoms with Crippen LogP contribution in [0.1, 0.15) is 66.2 Å². The number of ether oxygens (including phenoxy) is 3. The highest BCUT2D eigenvalue weighted by Crippen LogP contribution is 2.24. The summed E-state index contributed by atoms with van der Waals surface area (Å²) in [6.45, 7) is 8.15. The molecule has 1 aliphatic rings. The van der Waals surface area contributed by atoms with Gasteiger partial charge in [0.05, 0.1) is 50.5 Å². The topological polar surface area (TPSA) is 106 Å². The van der Waals surface area contributed by atoms with Gasteiger partial charge in [0.25, 0.3) is 0 Å². The van der Waals surface area contributed by atoms with Crippen molar-refractivity contribution < 1.29 is 19.0 Å². The molecular weight excluding hydrogens is 456 g/mol. The summed E-state index contributed by atoms with van der Waals surface area (Å²) in [6.07, 6.45) is 19.5. The van der Waals surface area contributed by atoms with E-state index in [-0.39, 0.29) is 11.9 Å². The van der Waals surface area contributed by atoms with E-state index in [0.717, 1.165) is 30.6 Å². The van der Waals surface area contributed by atoms with Gasteiger partial charge in [0, 0.05) is 0 Å². The summed E-state index contributed by atoms with van der Waals surface area (Å²) < 4.78 is 15.3. The number of methoxy groups -OCH3 is 2. The van der Waals surface area contributed by atoms with Crippen molar-refractivity contribution >= 4 is 17.5 Å². The first kappa shape index (κ1) is 30.6. The number of carbonyl (C=O) groups is 1. The van der Waals surface area contributed by atoms with Crippen LogP contribution in [0.5, 0.6) is 5.88 Å². The van der Waals surface area contributed by atoms with Crippen LogP contribution in [-0.4, -0.2) is 42.5 Å². The number of carbonyl (C=O) groups excluding carboxylic acids is 1. The van der Waals surface area contributed by atoms with Gasteiger partial charge in [-0.1, -0.05) is 38.3 Å². The van der Waals surface area contributed by atoms with Gasteiger partial charge in [-0.05, 0) is 63.8 Å². The maximum atomic E-state index is 10.9. The van der Waals surface area contributed by atoms with E-state index in [0.29, 0.717) is 29.7 Å². The zero-order valence-corrected chi connectivity index (χ0v) is 22.6. The summed E-state index contributed by atoms with van der Waals surface area (Å²) in [7, 11) is 3.11. The molecule has 0 saturated heterocycles. The van der Waals surface area contributed by atoms with Crippen LogP contribution >= 0.6 is 0 Å². The van der Waals surface area contributed by atoms with Gasteiger partial charge in [0.15, 0.2) is 5.82 Å². The summed E-state index contributed by atoms with van der Waals surface area (Å²) in [5.74, 6) is 1.94. The molecule has 0 spiro atoms. The number of hydrogen-bond acceptors (Lipinski definition) is 8. The molecule has 1 aromatic heterocycles. The molecule has 36 heavy (non-hydrogen) atoms. The van der Waals surface area contributed by atoms with Gasteiger partial charge in [-0.15, -0.1) is 0 Å². The number of aromatic nitrogens is 2. The van der Waals surface area contributed by atoms with Gasteiger partial charge >= 0.3 is 5.97 Å². The third-order valence-corrected chi connectivity index (χ3v) is 5.35. The Labute approximate surface area is 216 Å². The van der Waals surface area contributed by atoms with E-state index < -0.39 is 0 Å². The molecule has 1 aromatic rings. The molecule has 1 aliphatic carbocycles. The lowest BCUT2D eigenvalue weighted by atomic mass is 9.89. The minimum Gasteiger partial charge on any atom is -0.497 e. The van der Waals surface area contributed by atoms with Gasteiger partial charge in [-0.3, -0.25) is 9.78 Å². The SMILES string of the molecule is CC/C=C/C(=C\C=C(C)\C=C(/Nc1cncc(OCC)n1)C(C)=N)OC.COC(=O)C1CCCCC1. The predicted molar refractivity (Wildman–Crippen MR) is 145 cm³/mol. The Kier molecular flexibility index (Phi) is 15.2. The largest absolute Gasteiger partial charge is 0.497 e. The number of allylic oxidation sites excluding steroid dienone is 7. The van der Waals surface area contributed by atoms with Crippen LogP contribution in [0, 0.1) is 11.3 Å². The van der Waals surface area contributed by atoms with Gasteiger partial charge in [0.1, 0.15) is 5.76 Å². The Morgan fingerprint density at radius 3 is 2.42 bits per heavy atom. The van der Waals surface area contributed by atoms with Crippen molar-refractivity contribution in [3.05, 3.63) is 59.8 Å². The van der Waals surface area contributed by atoms with Gasteiger partial charge in [-0.2, -0.15) is 4.98 Å². The number of rotatable bonds is 11. The van der Waals surface area contributed by atoms with Crippen LogP contribution in [0.4, 0.5) is 5.82 Å². The van der Waals surface area contributed by atoms with Gasteiger partial charge in [0.2, 0.25) is 5.88 Å². The highest BCUT2D eigenvalue weighted by atomic mass is 16.5. The number of esters is 1. The first-order valence-corrected chi connectivity index (χ1v) is 12.5. The van der Waals surface area contributed by atoms with Crippen molar-refractivity contribution in [3.63, 3.8) is 0 Å². The van der Waals surface area contributed by atoms with Crippen molar-refractivity contribution in [2.24, 2.45) is 5.92 Å². The van der Waals surface area contributed by atoms with E-state index in [1.165, 1.54) is 26.4 Å². The summed E-state index contributed by atoms with van der Waals surface area (Å²) in [6, 6.07) is 0. The Balaban J connectivity index is 0.000000537. The van der Waals surface area contributed by atoms with E-state index in [2.05, 4.69) is 26.9 Å². The maximum absolute atomic E-state index is 10.9. The van der Waals surface area contributed by atoms with Crippen LogP contribution in [0.2, 0.25) is 0 Å². The molecule has 0 amide bonds. The summed E-state index contributed by atoms with van der Waals surface area (Å²) in [5.41, 5.74) is 1.99. The third-order valence-electron chi connectivity index (χ3n) is 5.35. The second kappa shape index (κ2) is 17.9. The van der Waals surface area contributed by atoms with Crippen molar-refractivity contribution in [1.82, 2.24) is 9.97 Å². The smallest absolute Gasteiger partial charge is 0.308 e.